The van der Waals surface area contributed by atoms with Gasteiger partial charge in [0.2, 0.25) is 0 Å². The molecule has 6 heteroatoms. The number of hydrogen-bond acceptors (Lipinski definition) is 4. The van der Waals surface area contributed by atoms with Gasteiger partial charge in [0.25, 0.3) is 0 Å². The predicted molar refractivity (Wildman–Crippen MR) is 82.7 cm³/mol. The Bertz CT molecular complexity index is 517. The molecule has 120 valence electrons. The number of nitrogens with one attached hydrogen (secondary N) is 1. The first-order valence-electron chi connectivity index (χ1n) is 7.44. The third kappa shape index (κ3) is 3.57. The van der Waals surface area contributed by atoms with E-state index in [9.17, 15) is 14.7 Å². The molecule has 0 bridgehead atoms. The van der Waals surface area contributed by atoms with E-state index in [4.69, 9.17) is 0 Å². The summed E-state index contributed by atoms with van der Waals surface area (Å²) < 4.78 is 4.63. The second-order valence-corrected chi connectivity index (χ2v) is 5.52. The Morgan fingerprint density at radius 1 is 1.27 bits per heavy atom. The summed E-state index contributed by atoms with van der Waals surface area (Å²) in [7, 11) is 1.33. The van der Waals surface area contributed by atoms with Gasteiger partial charge < -0.3 is 20.1 Å². The highest BCUT2D eigenvalue weighted by Crippen LogP contribution is 2.26. The van der Waals surface area contributed by atoms with Gasteiger partial charge in [0.1, 0.15) is 0 Å². The molecule has 0 saturated carbocycles. The Morgan fingerprint density at radius 2 is 1.91 bits per heavy atom. The summed E-state index contributed by atoms with van der Waals surface area (Å²) in [5.41, 5.74) is 1.06. The maximum Gasteiger partial charge on any atom is 0.337 e. The van der Waals surface area contributed by atoms with Crippen molar-refractivity contribution in [3.05, 3.63) is 29.8 Å². The first-order valence-corrected chi connectivity index (χ1v) is 7.44. The van der Waals surface area contributed by atoms with Gasteiger partial charge in [-0.25, -0.2) is 9.59 Å². The second-order valence-electron chi connectivity index (χ2n) is 5.52. The van der Waals surface area contributed by atoms with Crippen LogP contribution < -0.4 is 5.32 Å². The number of aliphatic hydroxyl groups excluding tert-OH is 1. The van der Waals surface area contributed by atoms with Gasteiger partial charge in [-0.05, 0) is 30.2 Å². The largest absolute Gasteiger partial charge is 0.465 e. The lowest BCUT2D eigenvalue weighted by Crippen LogP contribution is -2.33. The van der Waals surface area contributed by atoms with Gasteiger partial charge in [-0.15, -0.1) is 0 Å². The van der Waals surface area contributed by atoms with E-state index < -0.39 is 5.97 Å². The predicted octanol–water partition coefficient (Wildman–Crippen LogP) is 1.96. The number of carbonyl (C=O) groups is 2. The molecule has 6 nitrogen and oxygen atoms in total. The van der Waals surface area contributed by atoms with Gasteiger partial charge in [-0.2, -0.15) is 0 Å². The van der Waals surface area contributed by atoms with Crippen LogP contribution in [-0.4, -0.2) is 48.8 Å². The van der Waals surface area contributed by atoms with Gasteiger partial charge in [-0.3, -0.25) is 0 Å². The average Bonchev–Trinajstić information content (AvgIpc) is 2.98. The zero-order chi connectivity index (χ0) is 16.1. The smallest absolute Gasteiger partial charge is 0.337 e. The number of hydrogen-bond donors (Lipinski definition) is 2. The Morgan fingerprint density at radius 3 is 2.41 bits per heavy atom. The molecule has 0 aliphatic carbocycles. The van der Waals surface area contributed by atoms with E-state index in [-0.39, 0.29) is 18.6 Å². The number of nitrogens with zero attached hydrogens (tertiary/aromatic N) is 1. The topological polar surface area (TPSA) is 78.9 Å². The zero-order valence-electron chi connectivity index (χ0n) is 12.9. The zero-order valence-corrected chi connectivity index (χ0v) is 12.9. The monoisotopic (exact) mass is 306 g/mol. The molecule has 1 fully saturated rings. The van der Waals surface area contributed by atoms with Crippen molar-refractivity contribution in [2.45, 2.75) is 13.3 Å². The molecule has 0 radical (unpaired) electrons. The lowest BCUT2D eigenvalue weighted by atomic mass is 9.95. The van der Waals surface area contributed by atoms with Gasteiger partial charge in [-0.1, -0.05) is 13.3 Å². The standard InChI is InChI=1S/C16H22N2O4/c1-3-11-8-18(9-13(11)10-19)16(21)17-14-6-4-12(5-7-14)15(20)22-2/h4-7,11,13,19H,3,8-10H2,1-2H3,(H,17,21)/t11-,13-/m1/s1. The summed E-state index contributed by atoms with van der Waals surface area (Å²) >= 11 is 0. The molecule has 1 saturated heterocycles. The Kier molecular flexibility index (Phi) is 5.38. The molecule has 1 aromatic carbocycles. The molecule has 2 amide bonds. The summed E-state index contributed by atoms with van der Waals surface area (Å²) in [6, 6.07) is 6.37. The summed E-state index contributed by atoms with van der Waals surface area (Å²) in [5, 5.41) is 12.2. The molecule has 22 heavy (non-hydrogen) atoms. The van der Waals surface area contributed by atoms with Crippen molar-refractivity contribution >= 4 is 17.7 Å². The van der Waals surface area contributed by atoms with Crippen molar-refractivity contribution in [1.82, 2.24) is 4.90 Å². The van der Waals surface area contributed by atoms with Gasteiger partial charge in [0.05, 0.1) is 12.7 Å². The van der Waals surface area contributed by atoms with E-state index in [1.54, 1.807) is 29.2 Å². The van der Waals surface area contributed by atoms with E-state index in [1.165, 1.54) is 7.11 Å². The average molecular weight is 306 g/mol. The minimum atomic E-state index is -0.408. The number of anilines is 1. The SMILES string of the molecule is CC[C@@H]1CN(C(=O)Nc2ccc(C(=O)OC)cc2)C[C@@H]1CO. The number of aliphatic hydroxyl groups is 1. The summed E-state index contributed by atoms with van der Waals surface area (Å²) in [6.45, 7) is 3.41. The third-order valence-electron chi connectivity index (χ3n) is 4.18. The van der Waals surface area contributed by atoms with Crippen LogP contribution in [0.3, 0.4) is 0 Å². The van der Waals surface area contributed by atoms with E-state index in [2.05, 4.69) is 17.0 Å². The normalized spacial score (nSPS) is 20.8. The molecule has 0 aromatic heterocycles. The fraction of sp³-hybridized carbons (Fsp3) is 0.500. The Balaban J connectivity index is 1.96. The van der Waals surface area contributed by atoms with Crippen molar-refractivity contribution < 1.29 is 19.4 Å². The number of benzene rings is 1. The van der Waals surface area contributed by atoms with E-state index in [0.717, 1.165) is 6.42 Å². The molecule has 2 rings (SSSR count). The van der Waals surface area contributed by atoms with E-state index in [1.807, 2.05) is 0 Å². The van der Waals surface area contributed by atoms with Crippen molar-refractivity contribution in [1.29, 1.82) is 0 Å². The maximum absolute atomic E-state index is 12.3. The van der Waals surface area contributed by atoms with Crippen LogP contribution >= 0.6 is 0 Å². The lowest BCUT2D eigenvalue weighted by Gasteiger charge is -2.17. The Labute approximate surface area is 130 Å². The first kappa shape index (κ1) is 16.3. The first-order chi connectivity index (χ1) is 10.6. The van der Waals surface area contributed by atoms with Gasteiger partial charge in [0.15, 0.2) is 0 Å². The fourth-order valence-corrected chi connectivity index (χ4v) is 2.78. The molecule has 1 aliphatic heterocycles. The molecular formula is C16H22N2O4. The molecule has 1 aliphatic rings. The second kappa shape index (κ2) is 7.26. The van der Waals surface area contributed by atoms with Crippen LogP contribution in [0.15, 0.2) is 24.3 Å². The number of esters is 1. The Hall–Kier alpha value is -2.08. The number of urea groups is 1. The lowest BCUT2D eigenvalue weighted by molar-refractivity contribution is 0.0600. The number of amides is 2. The molecule has 0 unspecified atom stereocenters. The minimum absolute atomic E-state index is 0.107. The highest BCUT2D eigenvalue weighted by Gasteiger charge is 2.33. The number of methoxy groups -OCH3 is 1. The number of likely N-dealkylation sites (tertiary alicyclic amines) is 1. The van der Waals surface area contributed by atoms with E-state index >= 15 is 0 Å². The van der Waals surface area contributed by atoms with Crippen LogP contribution in [0.2, 0.25) is 0 Å². The molecule has 2 N–H and O–H groups in total. The molecule has 1 heterocycles. The number of ether oxygens (including phenoxy) is 1. The summed E-state index contributed by atoms with van der Waals surface area (Å²) in [6.07, 6.45) is 0.947. The minimum Gasteiger partial charge on any atom is -0.465 e. The van der Waals surface area contributed by atoms with Crippen LogP contribution in [0, 0.1) is 11.8 Å². The van der Waals surface area contributed by atoms with Crippen LogP contribution in [0.5, 0.6) is 0 Å². The quantitative estimate of drug-likeness (QED) is 0.833. The molecular weight excluding hydrogens is 284 g/mol. The summed E-state index contributed by atoms with van der Waals surface area (Å²) in [5.74, 6) is 0.0869. The highest BCUT2D eigenvalue weighted by molar-refractivity contribution is 5.92. The van der Waals surface area contributed by atoms with Crippen molar-refractivity contribution in [2.24, 2.45) is 11.8 Å². The maximum atomic E-state index is 12.3. The molecule has 1 aromatic rings. The van der Waals surface area contributed by atoms with Gasteiger partial charge >= 0.3 is 12.0 Å². The summed E-state index contributed by atoms with van der Waals surface area (Å²) in [4.78, 5) is 25.3. The van der Waals surface area contributed by atoms with Gasteiger partial charge in [0, 0.05) is 31.3 Å². The number of carbonyl (C=O) groups excluding carboxylic acids is 2. The molecule has 2 atom stereocenters. The van der Waals surface area contributed by atoms with Crippen molar-refractivity contribution in [3.8, 4) is 0 Å². The van der Waals surface area contributed by atoms with Crippen molar-refractivity contribution in [3.63, 3.8) is 0 Å². The highest BCUT2D eigenvalue weighted by atomic mass is 16.5. The fourth-order valence-electron chi connectivity index (χ4n) is 2.78. The van der Waals surface area contributed by atoms with Crippen LogP contribution in [0.1, 0.15) is 23.7 Å². The van der Waals surface area contributed by atoms with Crippen molar-refractivity contribution in [2.75, 3.05) is 32.1 Å². The molecule has 0 spiro atoms. The van der Waals surface area contributed by atoms with Crippen LogP contribution in [-0.2, 0) is 4.74 Å². The van der Waals surface area contributed by atoms with Crippen LogP contribution in [0.4, 0.5) is 10.5 Å². The third-order valence-corrected chi connectivity index (χ3v) is 4.18. The number of rotatable bonds is 4. The van der Waals surface area contributed by atoms with E-state index in [0.29, 0.717) is 30.3 Å². The van der Waals surface area contributed by atoms with Crippen LogP contribution in [0.25, 0.3) is 0 Å².